The van der Waals surface area contributed by atoms with Crippen LogP contribution in [0.25, 0.3) is 6.08 Å². The zero-order valence-electron chi connectivity index (χ0n) is 14.2. The molecule has 1 heterocycles. The SMILES string of the molecule is O=C(COc1ccc(Br)cc1)Nc1ccc(/C=C/C(=O)c2cccs2)cc1. The van der Waals surface area contributed by atoms with Crippen molar-refractivity contribution in [1.82, 2.24) is 0 Å². The molecule has 136 valence electrons. The highest BCUT2D eigenvalue weighted by molar-refractivity contribution is 9.10. The number of ketones is 1. The summed E-state index contributed by atoms with van der Waals surface area (Å²) in [5.74, 6) is 0.366. The molecule has 0 aliphatic rings. The van der Waals surface area contributed by atoms with E-state index >= 15 is 0 Å². The van der Waals surface area contributed by atoms with E-state index in [4.69, 9.17) is 4.74 Å². The van der Waals surface area contributed by atoms with Crippen molar-refractivity contribution in [2.24, 2.45) is 0 Å². The fourth-order valence-corrected chi connectivity index (χ4v) is 3.14. The van der Waals surface area contributed by atoms with Crippen LogP contribution in [-0.2, 0) is 4.79 Å². The van der Waals surface area contributed by atoms with E-state index in [1.165, 1.54) is 11.3 Å². The van der Waals surface area contributed by atoms with Gasteiger partial charge in [-0.2, -0.15) is 0 Å². The predicted molar refractivity (Wildman–Crippen MR) is 112 cm³/mol. The minimum absolute atomic E-state index is 0.0209. The van der Waals surface area contributed by atoms with Gasteiger partial charge < -0.3 is 10.1 Å². The average Bonchev–Trinajstić information content (AvgIpc) is 3.22. The predicted octanol–water partition coefficient (Wildman–Crippen LogP) is 5.42. The van der Waals surface area contributed by atoms with E-state index in [0.717, 1.165) is 10.0 Å². The summed E-state index contributed by atoms with van der Waals surface area (Å²) in [5, 5.41) is 4.65. The summed E-state index contributed by atoms with van der Waals surface area (Å²) in [7, 11) is 0. The normalized spacial score (nSPS) is 10.7. The summed E-state index contributed by atoms with van der Waals surface area (Å²) >= 11 is 4.76. The largest absolute Gasteiger partial charge is 0.484 e. The maximum absolute atomic E-state index is 12.0. The van der Waals surface area contributed by atoms with Gasteiger partial charge in [0.15, 0.2) is 12.4 Å². The molecule has 0 unspecified atom stereocenters. The van der Waals surface area contributed by atoms with Crippen molar-refractivity contribution in [3.05, 3.63) is 87.0 Å². The second kappa shape index (κ2) is 9.30. The fourth-order valence-electron chi connectivity index (χ4n) is 2.23. The fraction of sp³-hybridized carbons (Fsp3) is 0.0476. The lowest BCUT2D eigenvalue weighted by molar-refractivity contribution is -0.118. The van der Waals surface area contributed by atoms with Crippen molar-refractivity contribution in [2.75, 3.05) is 11.9 Å². The molecule has 0 aliphatic heterocycles. The van der Waals surface area contributed by atoms with Gasteiger partial charge in [0, 0.05) is 10.2 Å². The Labute approximate surface area is 169 Å². The van der Waals surface area contributed by atoms with Crippen molar-refractivity contribution in [3.8, 4) is 5.75 Å². The lowest BCUT2D eigenvalue weighted by Crippen LogP contribution is -2.20. The van der Waals surface area contributed by atoms with Gasteiger partial charge in [-0.05, 0) is 59.5 Å². The van der Waals surface area contributed by atoms with Gasteiger partial charge in [0.25, 0.3) is 5.91 Å². The molecular formula is C21H16BrNO3S. The molecule has 0 bridgehead atoms. The molecule has 2 aromatic carbocycles. The minimum atomic E-state index is -0.242. The average molecular weight is 442 g/mol. The molecule has 1 amide bonds. The Bertz CT molecular complexity index is 933. The van der Waals surface area contributed by atoms with E-state index in [2.05, 4.69) is 21.2 Å². The number of amides is 1. The molecule has 0 fully saturated rings. The molecule has 0 radical (unpaired) electrons. The van der Waals surface area contributed by atoms with E-state index in [0.29, 0.717) is 16.3 Å². The summed E-state index contributed by atoms with van der Waals surface area (Å²) in [6, 6.07) is 18.2. The molecule has 6 heteroatoms. The second-order valence-electron chi connectivity index (χ2n) is 5.59. The number of rotatable bonds is 7. The third-order valence-electron chi connectivity index (χ3n) is 3.57. The lowest BCUT2D eigenvalue weighted by Gasteiger charge is -2.08. The number of hydrogen-bond acceptors (Lipinski definition) is 4. The van der Waals surface area contributed by atoms with E-state index in [1.807, 2.05) is 35.7 Å². The van der Waals surface area contributed by atoms with Gasteiger partial charge in [0.2, 0.25) is 0 Å². The van der Waals surface area contributed by atoms with Gasteiger partial charge in [-0.15, -0.1) is 11.3 Å². The molecule has 1 N–H and O–H groups in total. The first-order valence-electron chi connectivity index (χ1n) is 8.14. The van der Waals surface area contributed by atoms with Gasteiger partial charge >= 0.3 is 0 Å². The van der Waals surface area contributed by atoms with Crippen molar-refractivity contribution in [2.45, 2.75) is 0 Å². The molecule has 0 saturated carbocycles. The summed E-state index contributed by atoms with van der Waals surface area (Å²) in [6.45, 7) is -0.0708. The Morgan fingerprint density at radius 3 is 2.44 bits per heavy atom. The molecule has 0 atom stereocenters. The Hall–Kier alpha value is -2.70. The lowest BCUT2D eigenvalue weighted by atomic mass is 10.1. The molecule has 4 nitrogen and oxygen atoms in total. The van der Waals surface area contributed by atoms with E-state index in [9.17, 15) is 9.59 Å². The number of allylic oxidation sites excluding steroid dienone is 1. The van der Waals surface area contributed by atoms with E-state index in [-0.39, 0.29) is 18.3 Å². The first-order valence-corrected chi connectivity index (χ1v) is 9.81. The zero-order valence-corrected chi connectivity index (χ0v) is 16.6. The Kier molecular flexibility index (Phi) is 6.57. The number of ether oxygens (including phenoxy) is 1. The number of nitrogens with one attached hydrogen (secondary N) is 1. The van der Waals surface area contributed by atoms with Crippen LogP contribution >= 0.6 is 27.3 Å². The van der Waals surface area contributed by atoms with Gasteiger partial charge in [-0.1, -0.05) is 40.2 Å². The van der Waals surface area contributed by atoms with Crippen molar-refractivity contribution in [1.29, 1.82) is 0 Å². The molecular weight excluding hydrogens is 426 g/mol. The third-order valence-corrected chi connectivity index (χ3v) is 4.98. The summed E-state index contributed by atoms with van der Waals surface area (Å²) in [5.41, 5.74) is 1.55. The van der Waals surface area contributed by atoms with Crippen LogP contribution in [0.15, 0.2) is 76.6 Å². The van der Waals surface area contributed by atoms with Crippen LogP contribution in [-0.4, -0.2) is 18.3 Å². The van der Waals surface area contributed by atoms with E-state index in [1.54, 1.807) is 42.5 Å². The monoisotopic (exact) mass is 441 g/mol. The van der Waals surface area contributed by atoms with Gasteiger partial charge in [0.1, 0.15) is 5.75 Å². The number of carbonyl (C=O) groups is 2. The highest BCUT2D eigenvalue weighted by Gasteiger charge is 2.04. The number of carbonyl (C=O) groups excluding carboxylic acids is 2. The number of anilines is 1. The Morgan fingerprint density at radius 1 is 1.04 bits per heavy atom. The molecule has 3 rings (SSSR count). The van der Waals surface area contributed by atoms with Crippen molar-refractivity contribution >= 4 is 50.7 Å². The first kappa shape index (κ1) is 19.1. The van der Waals surface area contributed by atoms with Crippen molar-refractivity contribution < 1.29 is 14.3 Å². The highest BCUT2D eigenvalue weighted by Crippen LogP contribution is 2.16. The maximum atomic E-state index is 12.0. The quantitative estimate of drug-likeness (QED) is 0.393. The topological polar surface area (TPSA) is 55.4 Å². The zero-order chi connectivity index (χ0) is 19.1. The van der Waals surface area contributed by atoms with Crippen LogP contribution in [0, 0.1) is 0 Å². The van der Waals surface area contributed by atoms with Crippen LogP contribution in [0.4, 0.5) is 5.69 Å². The van der Waals surface area contributed by atoms with Crippen LogP contribution in [0.2, 0.25) is 0 Å². The first-order chi connectivity index (χ1) is 13.1. The molecule has 0 aliphatic carbocycles. The third kappa shape index (κ3) is 5.91. The van der Waals surface area contributed by atoms with Crippen LogP contribution < -0.4 is 10.1 Å². The van der Waals surface area contributed by atoms with Crippen LogP contribution in [0.1, 0.15) is 15.2 Å². The summed E-state index contributed by atoms with van der Waals surface area (Å²) < 4.78 is 6.39. The molecule has 27 heavy (non-hydrogen) atoms. The van der Waals surface area contributed by atoms with Crippen LogP contribution in [0.3, 0.4) is 0 Å². The maximum Gasteiger partial charge on any atom is 0.262 e. The van der Waals surface area contributed by atoms with Crippen molar-refractivity contribution in [3.63, 3.8) is 0 Å². The second-order valence-corrected chi connectivity index (χ2v) is 7.45. The molecule has 0 spiro atoms. The van der Waals surface area contributed by atoms with Gasteiger partial charge in [0.05, 0.1) is 4.88 Å². The smallest absolute Gasteiger partial charge is 0.262 e. The highest BCUT2D eigenvalue weighted by atomic mass is 79.9. The number of halogens is 1. The van der Waals surface area contributed by atoms with E-state index < -0.39 is 0 Å². The number of benzene rings is 2. The van der Waals surface area contributed by atoms with Gasteiger partial charge in [-0.25, -0.2) is 0 Å². The number of thiophene rings is 1. The number of hydrogen-bond donors (Lipinski definition) is 1. The molecule has 0 saturated heterocycles. The standard InChI is InChI=1S/C21H16BrNO3S/c22-16-6-10-18(11-7-16)26-14-21(25)23-17-8-3-15(4-9-17)5-12-19(24)20-2-1-13-27-20/h1-13H,14H2,(H,23,25)/b12-5+. The molecule has 1 aromatic heterocycles. The summed E-state index contributed by atoms with van der Waals surface area (Å²) in [6.07, 6.45) is 3.30. The van der Waals surface area contributed by atoms with Gasteiger partial charge in [-0.3, -0.25) is 9.59 Å². The Balaban J connectivity index is 1.50. The Morgan fingerprint density at radius 2 is 1.78 bits per heavy atom. The van der Waals surface area contributed by atoms with Crippen LogP contribution in [0.5, 0.6) is 5.75 Å². The molecule has 3 aromatic rings. The summed E-state index contributed by atoms with van der Waals surface area (Å²) in [4.78, 5) is 24.6. The minimum Gasteiger partial charge on any atom is -0.484 e.